The van der Waals surface area contributed by atoms with Gasteiger partial charge >= 0.3 is 0 Å². The highest BCUT2D eigenvalue weighted by atomic mass is 16.5. The highest BCUT2D eigenvalue weighted by Gasteiger charge is 2.29. The molecule has 0 aromatic heterocycles. The fraction of sp³-hybridized carbons (Fsp3) is 0.657. The molecule has 0 aliphatic carbocycles. The van der Waals surface area contributed by atoms with Crippen LogP contribution in [-0.2, 0) is 21.7 Å². The highest BCUT2D eigenvalue weighted by molar-refractivity contribution is 5.51. The fourth-order valence-corrected chi connectivity index (χ4v) is 4.80. The first-order valence-corrected chi connectivity index (χ1v) is 14.4. The lowest BCUT2D eigenvalue weighted by atomic mass is 9.78. The summed E-state index contributed by atoms with van der Waals surface area (Å²) in [5.74, 6) is 2.12. The van der Waals surface area contributed by atoms with E-state index in [2.05, 4.69) is 133 Å². The molecule has 3 heteroatoms. The van der Waals surface area contributed by atoms with Crippen LogP contribution >= 0.6 is 0 Å². The van der Waals surface area contributed by atoms with Crippen molar-refractivity contribution < 1.29 is 9.47 Å². The van der Waals surface area contributed by atoms with E-state index in [1.165, 1.54) is 33.4 Å². The summed E-state index contributed by atoms with van der Waals surface area (Å²) in [7, 11) is 2.15. The number of ether oxygens (including phenoxy) is 2. The molecule has 0 amide bonds. The van der Waals surface area contributed by atoms with Crippen LogP contribution in [-0.4, -0.2) is 38.3 Å². The van der Waals surface area contributed by atoms with E-state index in [1.807, 2.05) is 0 Å². The Morgan fingerprint density at radius 2 is 0.737 bits per heavy atom. The van der Waals surface area contributed by atoms with Crippen LogP contribution in [0.25, 0.3) is 0 Å². The highest BCUT2D eigenvalue weighted by Crippen LogP contribution is 2.42. The van der Waals surface area contributed by atoms with Gasteiger partial charge in [0.25, 0.3) is 0 Å². The SMILES string of the molecule is Cc1cc(C(C)(C)C)c(OCCN(C)CCOc2c(C(C)(C)C)cc(C)cc2C(C)(C)C)c(C(C)(C)C)c1. The zero-order valence-corrected chi connectivity index (χ0v) is 27.4. The van der Waals surface area contributed by atoms with E-state index >= 15 is 0 Å². The summed E-state index contributed by atoms with van der Waals surface area (Å²) in [6, 6.07) is 9.18. The van der Waals surface area contributed by atoms with Gasteiger partial charge in [0.1, 0.15) is 24.7 Å². The molecule has 2 aromatic rings. The third kappa shape index (κ3) is 8.50. The van der Waals surface area contributed by atoms with Crippen molar-refractivity contribution in [1.82, 2.24) is 4.90 Å². The van der Waals surface area contributed by atoms with Crippen molar-refractivity contribution in [3.8, 4) is 11.5 Å². The number of likely N-dealkylation sites (N-methyl/N-ethyl adjacent to an activating group) is 1. The molecular formula is C35H57NO2. The largest absolute Gasteiger partial charge is 0.492 e. The van der Waals surface area contributed by atoms with E-state index in [0.29, 0.717) is 13.2 Å². The molecule has 0 spiro atoms. The molecule has 0 saturated heterocycles. The van der Waals surface area contributed by atoms with E-state index in [9.17, 15) is 0 Å². The monoisotopic (exact) mass is 523 g/mol. The molecule has 0 unspecified atom stereocenters. The summed E-state index contributed by atoms with van der Waals surface area (Å²) < 4.78 is 13.1. The molecule has 3 nitrogen and oxygen atoms in total. The average molecular weight is 524 g/mol. The van der Waals surface area contributed by atoms with Crippen molar-refractivity contribution >= 4 is 0 Å². The molecule has 2 aromatic carbocycles. The molecule has 0 fully saturated rings. The third-order valence-electron chi connectivity index (χ3n) is 7.14. The first kappa shape index (κ1) is 32.2. The first-order valence-electron chi connectivity index (χ1n) is 14.4. The Hall–Kier alpha value is -2.00. The normalized spacial score (nSPS) is 13.3. The molecule has 214 valence electrons. The van der Waals surface area contributed by atoms with Crippen molar-refractivity contribution in [2.75, 3.05) is 33.4 Å². The summed E-state index contributed by atoms with van der Waals surface area (Å²) in [5.41, 5.74) is 7.82. The number of hydrogen-bond donors (Lipinski definition) is 0. The topological polar surface area (TPSA) is 21.7 Å². The smallest absolute Gasteiger partial charge is 0.126 e. The molecule has 0 atom stereocenters. The van der Waals surface area contributed by atoms with Crippen molar-refractivity contribution in [1.29, 1.82) is 0 Å². The Kier molecular flexibility index (Phi) is 9.85. The fourth-order valence-electron chi connectivity index (χ4n) is 4.80. The molecule has 0 heterocycles. The lowest BCUT2D eigenvalue weighted by Gasteiger charge is -2.31. The lowest BCUT2D eigenvalue weighted by molar-refractivity contribution is 0.196. The molecule has 0 bridgehead atoms. The van der Waals surface area contributed by atoms with Gasteiger partial charge < -0.3 is 9.47 Å². The van der Waals surface area contributed by atoms with Gasteiger partial charge in [-0.1, -0.05) is 118 Å². The van der Waals surface area contributed by atoms with Crippen molar-refractivity contribution in [2.45, 2.75) is 119 Å². The number of benzene rings is 2. The number of rotatable bonds is 8. The Balaban J connectivity index is 2.15. The minimum atomic E-state index is 0.0185. The van der Waals surface area contributed by atoms with Crippen LogP contribution in [0.5, 0.6) is 11.5 Å². The minimum Gasteiger partial charge on any atom is -0.492 e. The van der Waals surface area contributed by atoms with Crippen molar-refractivity contribution in [3.05, 3.63) is 57.6 Å². The van der Waals surface area contributed by atoms with Gasteiger partial charge in [0.2, 0.25) is 0 Å². The summed E-state index contributed by atoms with van der Waals surface area (Å²) in [6.07, 6.45) is 0. The van der Waals surface area contributed by atoms with Crippen molar-refractivity contribution in [2.24, 2.45) is 0 Å². The number of nitrogens with zero attached hydrogens (tertiary/aromatic N) is 1. The number of hydrogen-bond acceptors (Lipinski definition) is 3. The van der Waals surface area contributed by atoms with Crippen LogP contribution < -0.4 is 9.47 Å². The Bertz CT molecular complexity index is 927. The molecular weight excluding hydrogens is 466 g/mol. The molecule has 0 N–H and O–H groups in total. The first-order chi connectivity index (χ1) is 17.1. The summed E-state index contributed by atoms with van der Waals surface area (Å²) in [5, 5.41) is 0. The summed E-state index contributed by atoms with van der Waals surface area (Å²) in [4.78, 5) is 2.31. The zero-order chi connectivity index (χ0) is 29.3. The van der Waals surface area contributed by atoms with E-state index in [0.717, 1.165) is 24.6 Å². The van der Waals surface area contributed by atoms with Gasteiger partial charge in [-0.3, -0.25) is 4.90 Å². The second kappa shape index (κ2) is 11.6. The van der Waals surface area contributed by atoms with Crippen LogP contribution in [0.4, 0.5) is 0 Å². The van der Waals surface area contributed by atoms with E-state index < -0.39 is 0 Å². The maximum atomic E-state index is 6.57. The Morgan fingerprint density at radius 1 is 0.500 bits per heavy atom. The van der Waals surface area contributed by atoms with Gasteiger partial charge in [0, 0.05) is 35.3 Å². The van der Waals surface area contributed by atoms with E-state index in [-0.39, 0.29) is 21.7 Å². The summed E-state index contributed by atoms with van der Waals surface area (Å²) >= 11 is 0. The second-order valence-electron chi connectivity index (χ2n) is 15.4. The van der Waals surface area contributed by atoms with E-state index in [1.54, 1.807) is 0 Å². The lowest BCUT2D eigenvalue weighted by Crippen LogP contribution is -2.30. The van der Waals surface area contributed by atoms with Crippen LogP contribution in [0.2, 0.25) is 0 Å². The molecule has 38 heavy (non-hydrogen) atoms. The Labute approximate surface area is 235 Å². The maximum absolute atomic E-state index is 6.57. The minimum absolute atomic E-state index is 0.0185. The zero-order valence-electron chi connectivity index (χ0n) is 27.4. The Morgan fingerprint density at radius 3 is 0.947 bits per heavy atom. The van der Waals surface area contributed by atoms with Gasteiger partial charge in [-0.2, -0.15) is 0 Å². The van der Waals surface area contributed by atoms with Crippen molar-refractivity contribution in [3.63, 3.8) is 0 Å². The van der Waals surface area contributed by atoms with Gasteiger partial charge in [0.05, 0.1) is 0 Å². The van der Waals surface area contributed by atoms with Crippen LogP contribution in [0, 0.1) is 13.8 Å². The maximum Gasteiger partial charge on any atom is 0.126 e. The molecule has 0 saturated carbocycles. The predicted octanol–water partition coefficient (Wildman–Crippen LogP) is 8.88. The van der Waals surface area contributed by atoms with Crippen LogP contribution in [0.3, 0.4) is 0 Å². The van der Waals surface area contributed by atoms with Gasteiger partial charge in [-0.25, -0.2) is 0 Å². The third-order valence-corrected chi connectivity index (χ3v) is 7.14. The summed E-state index contributed by atoms with van der Waals surface area (Å²) in [6.45, 7) is 34.6. The molecule has 0 radical (unpaired) electrons. The molecule has 2 rings (SSSR count). The standard InChI is InChI=1S/C35H57NO2/c1-24-20-26(32(3,4)5)30(27(21-24)33(6,7)8)37-18-16-36(15)17-19-38-31-28(34(9,10)11)22-25(2)23-29(31)35(12,13)14/h20-23H,16-19H2,1-15H3. The van der Waals surface area contributed by atoms with Crippen LogP contribution in [0.15, 0.2) is 24.3 Å². The van der Waals surface area contributed by atoms with Gasteiger partial charge in [-0.05, 0) is 42.6 Å². The predicted molar refractivity (Wildman–Crippen MR) is 166 cm³/mol. The van der Waals surface area contributed by atoms with Gasteiger partial charge in [0.15, 0.2) is 0 Å². The molecule has 0 aliphatic rings. The quantitative estimate of drug-likeness (QED) is 0.345. The molecule has 0 aliphatic heterocycles. The van der Waals surface area contributed by atoms with Crippen LogP contribution in [0.1, 0.15) is 116 Å². The van der Waals surface area contributed by atoms with Gasteiger partial charge in [-0.15, -0.1) is 0 Å². The second-order valence-corrected chi connectivity index (χ2v) is 15.4. The van der Waals surface area contributed by atoms with E-state index in [4.69, 9.17) is 9.47 Å². The average Bonchev–Trinajstić information content (AvgIpc) is 2.72. The number of aryl methyl sites for hydroxylation is 2.